The lowest BCUT2D eigenvalue weighted by Gasteiger charge is -2.04. The van der Waals surface area contributed by atoms with Crippen LogP contribution >= 0.6 is 0 Å². The first kappa shape index (κ1) is 83.6. The van der Waals surface area contributed by atoms with E-state index < -0.39 is 16.5 Å². The standard InChI is InChI=1S/C4H10O4S.C4H10O.C2H6O2.10C2H4/c1-3-4(2)8-9(5,6)7;1-3-5-4-2;3-1-2-4;10*1-2/h4H,3H2,1-2H3,(H,5,6,7);3-4H2,1-2H3;3-4H,1-2H2;10*1-2H2. The zero-order valence-electron chi connectivity index (χ0n) is 25.6. The Hall–Kier alpha value is -2.85. The van der Waals surface area contributed by atoms with E-state index in [0.29, 0.717) is 6.42 Å². The van der Waals surface area contributed by atoms with Crippen LogP contribution in [0.25, 0.3) is 0 Å². The summed E-state index contributed by atoms with van der Waals surface area (Å²) in [5.74, 6) is 0. The van der Waals surface area contributed by atoms with Gasteiger partial charge in [0.05, 0.1) is 19.3 Å². The van der Waals surface area contributed by atoms with Gasteiger partial charge in [0, 0.05) is 13.2 Å². The molecule has 0 aromatic heterocycles. The van der Waals surface area contributed by atoms with E-state index in [4.69, 9.17) is 19.5 Å². The quantitative estimate of drug-likeness (QED) is 0.216. The molecule has 8 heteroatoms. The first-order chi connectivity index (χ1) is 18.3. The van der Waals surface area contributed by atoms with Crippen molar-refractivity contribution in [3.05, 3.63) is 132 Å². The third-order valence-electron chi connectivity index (χ3n) is 1.37. The van der Waals surface area contributed by atoms with Crippen molar-refractivity contribution in [3.8, 4) is 0 Å². The summed E-state index contributed by atoms with van der Waals surface area (Å²) in [7, 11) is -4.24. The van der Waals surface area contributed by atoms with Crippen LogP contribution in [0.15, 0.2) is 132 Å². The van der Waals surface area contributed by atoms with E-state index in [9.17, 15) is 8.42 Å². The third kappa shape index (κ3) is 670. The monoisotopic (exact) mass is 570 g/mol. The van der Waals surface area contributed by atoms with Gasteiger partial charge in [-0.2, -0.15) is 8.42 Å². The number of hydrogen-bond acceptors (Lipinski definition) is 6. The Morgan fingerprint density at radius 1 is 0.553 bits per heavy atom. The zero-order valence-corrected chi connectivity index (χ0v) is 26.5. The molecule has 0 heterocycles. The smallest absolute Gasteiger partial charge is 0.394 e. The van der Waals surface area contributed by atoms with Gasteiger partial charge >= 0.3 is 10.4 Å². The summed E-state index contributed by atoms with van der Waals surface area (Å²) in [5, 5.41) is 15.2. The first-order valence-corrected chi connectivity index (χ1v) is 12.1. The Labute approximate surface area is 240 Å². The second kappa shape index (κ2) is 217. The molecule has 3 N–H and O–H groups in total. The highest BCUT2D eigenvalue weighted by Crippen LogP contribution is 1.99. The Bertz CT molecular complexity index is 328. The highest BCUT2D eigenvalue weighted by Gasteiger charge is 2.08. The van der Waals surface area contributed by atoms with E-state index in [2.05, 4.69) is 136 Å². The maximum absolute atomic E-state index is 9.93. The average molecular weight is 571 g/mol. The molecule has 38 heavy (non-hydrogen) atoms. The van der Waals surface area contributed by atoms with Crippen molar-refractivity contribution in [1.82, 2.24) is 0 Å². The molecule has 0 aromatic rings. The molecule has 0 saturated heterocycles. The lowest BCUT2D eigenvalue weighted by Crippen LogP contribution is -2.12. The number of rotatable bonds is 6. The van der Waals surface area contributed by atoms with Gasteiger partial charge in [0.2, 0.25) is 0 Å². The molecule has 0 amide bonds. The molecule has 7 nitrogen and oxygen atoms in total. The molecule has 234 valence electrons. The van der Waals surface area contributed by atoms with E-state index in [0.717, 1.165) is 13.2 Å². The summed E-state index contributed by atoms with van der Waals surface area (Å²) >= 11 is 0. The molecule has 0 aliphatic carbocycles. The molecule has 0 spiro atoms. The average Bonchev–Trinajstić information content (AvgIpc) is 3.03. The molecule has 1 atom stereocenters. The normalized spacial score (nSPS) is 6.61. The Morgan fingerprint density at radius 3 is 0.763 bits per heavy atom. The van der Waals surface area contributed by atoms with Crippen molar-refractivity contribution in [2.24, 2.45) is 0 Å². The molecular weight excluding hydrogens is 504 g/mol. The van der Waals surface area contributed by atoms with Crippen molar-refractivity contribution in [2.75, 3.05) is 26.4 Å². The van der Waals surface area contributed by atoms with Crippen LogP contribution in [0.5, 0.6) is 0 Å². The SMILES string of the molecule is C=C.C=C.C=C.C=C.C=C.C=C.C=C.C=C.C=C.C=C.CCC(C)OS(=O)(=O)O.CCOCC.OCCO. The maximum atomic E-state index is 9.93. The van der Waals surface area contributed by atoms with E-state index in [1.807, 2.05) is 13.8 Å². The summed E-state index contributed by atoms with van der Waals surface area (Å²) in [5.41, 5.74) is 0. The van der Waals surface area contributed by atoms with Crippen LogP contribution in [0.3, 0.4) is 0 Å². The molecule has 1 unspecified atom stereocenters. The number of aliphatic hydroxyl groups is 2. The molecule has 0 aliphatic heterocycles. The summed E-state index contributed by atoms with van der Waals surface area (Å²) in [6, 6.07) is 0. The van der Waals surface area contributed by atoms with Crippen molar-refractivity contribution in [2.45, 2.75) is 40.2 Å². The lowest BCUT2D eigenvalue weighted by molar-refractivity contribution is 0.162. The zero-order chi connectivity index (χ0) is 35.0. The maximum Gasteiger partial charge on any atom is 0.397 e. The number of aliphatic hydroxyl groups excluding tert-OH is 2. The second-order valence-electron chi connectivity index (χ2n) is 2.97. The molecule has 0 aliphatic rings. The predicted molar refractivity (Wildman–Crippen MR) is 181 cm³/mol. The van der Waals surface area contributed by atoms with Gasteiger partial charge in [-0.05, 0) is 27.2 Å². The van der Waals surface area contributed by atoms with E-state index in [-0.39, 0.29) is 13.2 Å². The van der Waals surface area contributed by atoms with Gasteiger partial charge in [0.1, 0.15) is 0 Å². The van der Waals surface area contributed by atoms with E-state index in [1.54, 1.807) is 13.8 Å². The molecule has 0 bridgehead atoms. The predicted octanol–water partition coefficient (Wildman–Crippen LogP) is 8.64. The highest BCUT2D eigenvalue weighted by molar-refractivity contribution is 7.80. The van der Waals surface area contributed by atoms with Crippen LogP contribution in [-0.4, -0.2) is 55.7 Å². The molecule has 0 rings (SSSR count). The Balaban J connectivity index is -0.0000000173. The van der Waals surface area contributed by atoms with E-state index in [1.165, 1.54) is 0 Å². The van der Waals surface area contributed by atoms with Gasteiger partial charge in [-0.15, -0.1) is 132 Å². The fourth-order valence-electron chi connectivity index (χ4n) is 0.480. The summed E-state index contributed by atoms with van der Waals surface area (Å²) in [6.07, 6.45) is 0.111. The summed E-state index contributed by atoms with van der Waals surface area (Å²) < 4.78 is 36.9. The van der Waals surface area contributed by atoms with Gasteiger partial charge in [-0.1, -0.05) is 6.92 Å². The van der Waals surface area contributed by atoms with Gasteiger partial charge in [-0.25, -0.2) is 4.18 Å². The highest BCUT2D eigenvalue weighted by atomic mass is 32.3. The van der Waals surface area contributed by atoms with E-state index >= 15 is 0 Å². The molecule has 0 radical (unpaired) electrons. The number of ether oxygens (including phenoxy) is 1. The summed E-state index contributed by atoms with van der Waals surface area (Å²) in [4.78, 5) is 0. The van der Waals surface area contributed by atoms with Crippen molar-refractivity contribution in [3.63, 3.8) is 0 Å². The van der Waals surface area contributed by atoms with Gasteiger partial charge in [0.15, 0.2) is 0 Å². The topological polar surface area (TPSA) is 113 Å². The van der Waals surface area contributed by atoms with Gasteiger partial charge in [0.25, 0.3) is 0 Å². The minimum absolute atomic E-state index is 0.125. The Morgan fingerprint density at radius 2 is 0.737 bits per heavy atom. The fraction of sp³-hybridized carbons (Fsp3) is 0.333. The number of hydrogen-bond donors (Lipinski definition) is 3. The van der Waals surface area contributed by atoms with Gasteiger partial charge in [-0.3, -0.25) is 4.55 Å². The van der Waals surface area contributed by atoms with Crippen LogP contribution in [0.2, 0.25) is 0 Å². The minimum atomic E-state index is -4.24. The summed E-state index contributed by atoms with van der Waals surface area (Å²) in [6.45, 7) is 68.7. The van der Waals surface area contributed by atoms with Crippen molar-refractivity contribution < 1.29 is 32.1 Å². The minimum Gasteiger partial charge on any atom is -0.394 e. The van der Waals surface area contributed by atoms with Crippen LogP contribution in [-0.2, 0) is 19.3 Å². The Kier molecular flexibility index (Phi) is 477. The van der Waals surface area contributed by atoms with Crippen molar-refractivity contribution in [1.29, 1.82) is 0 Å². The molecule has 0 saturated carbocycles. The van der Waals surface area contributed by atoms with Crippen LogP contribution in [0.1, 0.15) is 34.1 Å². The molecule has 0 aromatic carbocycles. The van der Waals surface area contributed by atoms with Crippen LogP contribution in [0.4, 0.5) is 0 Å². The second-order valence-corrected chi connectivity index (χ2v) is 4.02. The van der Waals surface area contributed by atoms with Crippen LogP contribution in [0, 0.1) is 0 Å². The van der Waals surface area contributed by atoms with Crippen molar-refractivity contribution >= 4 is 10.4 Å². The molecule has 0 fully saturated rings. The van der Waals surface area contributed by atoms with Crippen LogP contribution < -0.4 is 0 Å². The first-order valence-electron chi connectivity index (χ1n) is 10.7. The van der Waals surface area contributed by atoms with Gasteiger partial charge < -0.3 is 14.9 Å². The largest absolute Gasteiger partial charge is 0.397 e. The fourth-order valence-corrected chi connectivity index (χ4v) is 1.03. The molecular formula is C30H66O7S. The lowest BCUT2D eigenvalue weighted by atomic mass is 10.3. The third-order valence-corrected chi connectivity index (χ3v) is 1.94.